The van der Waals surface area contributed by atoms with Crippen LogP contribution in [0.25, 0.3) is 11.0 Å². The van der Waals surface area contributed by atoms with Gasteiger partial charge in [-0.3, -0.25) is 4.79 Å². The monoisotopic (exact) mass is 389 g/mol. The fourth-order valence-electron chi connectivity index (χ4n) is 4.84. The van der Waals surface area contributed by atoms with Crippen molar-refractivity contribution < 1.29 is 9.53 Å². The van der Waals surface area contributed by atoms with Gasteiger partial charge < -0.3 is 14.2 Å². The van der Waals surface area contributed by atoms with Crippen LogP contribution in [0.2, 0.25) is 0 Å². The van der Waals surface area contributed by atoms with Crippen molar-refractivity contribution in [2.24, 2.45) is 7.05 Å². The molecule has 0 N–H and O–H groups in total. The van der Waals surface area contributed by atoms with Gasteiger partial charge >= 0.3 is 0 Å². The van der Waals surface area contributed by atoms with Crippen molar-refractivity contribution in [1.82, 2.24) is 14.5 Å². The number of nitrogens with zero attached hydrogens (tertiary/aromatic N) is 3. The highest BCUT2D eigenvalue weighted by Crippen LogP contribution is 2.36. The number of aryl methyl sites for hydroxylation is 2. The van der Waals surface area contributed by atoms with Crippen LogP contribution in [-0.4, -0.2) is 33.1 Å². The number of para-hydroxylation sites is 2. The number of carbonyl (C=O) groups excluding carboxylic acids is 1. The molecule has 2 aromatic carbocycles. The normalized spacial score (nSPS) is 21.3. The Morgan fingerprint density at radius 2 is 1.97 bits per heavy atom. The average Bonchev–Trinajstić information content (AvgIpc) is 3.40. The van der Waals surface area contributed by atoms with E-state index in [9.17, 15) is 4.79 Å². The van der Waals surface area contributed by atoms with Crippen LogP contribution in [0.5, 0.6) is 0 Å². The Kier molecular flexibility index (Phi) is 4.84. The summed E-state index contributed by atoms with van der Waals surface area (Å²) in [5.74, 6) is 1.02. The van der Waals surface area contributed by atoms with Crippen LogP contribution in [0.1, 0.15) is 48.7 Å². The zero-order chi connectivity index (χ0) is 19.8. The van der Waals surface area contributed by atoms with E-state index in [4.69, 9.17) is 9.72 Å². The van der Waals surface area contributed by atoms with Gasteiger partial charge in [-0.25, -0.2) is 4.98 Å². The first-order valence-electron chi connectivity index (χ1n) is 10.6. The maximum Gasteiger partial charge on any atom is 0.252 e. The lowest BCUT2D eigenvalue weighted by atomic mass is 9.86. The zero-order valence-corrected chi connectivity index (χ0v) is 16.9. The van der Waals surface area contributed by atoms with Crippen molar-refractivity contribution in [2.75, 3.05) is 6.61 Å². The molecule has 2 aliphatic rings. The molecule has 1 aliphatic carbocycles. The minimum absolute atomic E-state index is 0.0801. The van der Waals surface area contributed by atoms with Crippen molar-refractivity contribution in [3.05, 3.63) is 65.5 Å². The SMILES string of the molecule is Cn1c(CN(C(=O)[C@@H]2CCCO2)[C@@H]2CCCc3ccccc32)nc2ccccc21. The second-order valence-corrected chi connectivity index (χ2v) is 8.15. The molecule has 29 heavy (non-hydrogen) atoms. The molecule has 0 saturated carbocycles. The molecule has 1 amide bonds. The highest BCUT2D eigenvalue weighted by atomic mass is 16.5. The Morgan fingerprint density at radius 3 is 2.79 bits per heavy atom. The van der Waals surface area contributed by atoms with Crippen LogP contribution in [0.4, 0.5) is 0 Å². The lowest BCUT2D eigenvalue weighted by molar-refractivity contribution is -0.144. The summed E-state index contributed by atoms with van der Waals surface area (Å²) in [5.41, 5.74) is 4.71. The van der Waals surface area contributed by atoms with E-state index in [2.05, 4.69) is 34.9 Å². The van der Waals surface area contributed by atoms with Crippen LogP contribution in [0, 0.1) is 0 Å². The van der Waals surface area contributed by atoms with Gasteiger partial charge in [-0.05, 0) is 55.4 Å². The Hall–Kier alpha value is -2.66. The number of rotatable bonds is 4. The topological polar surface area (TPSA) is 47.4 Å². The lowest BCUT2D eigenvalue weighted by Crippen LogP contribution is -2.42. The van der Waals surface area contributed by atoms with Gasteiger partial charge in [0, 0.05) is 13.7 Å². The molecule has 1 fully saturated rings. The van der Waals surface area contributed by atoms with Gasteiger partial charge in [0.1, 0.15) is 11.9 Å². The fraction of sp³-hybridized carbons (Fsp3) is 0.417. The molecule has 2 heterocycles. The molecule has 1 aromatic heterocycles. The molecule has 1 aliphatic heterocycles. The number of benzene rings is 2. The van der Waals surface area contributed by atoms with Crippen LogP contribution >= 0.6 is 0 Å². The molecule has 150 valence electrons. The predicted molar refractivity (Wildman–Crippen MR) is 112 cm³/mol. The van der Waals surface area contributed by atoms with Crippen LogP contribution in [0.3, 0.4) is 0 Å². The molecule has 0 bridgehead atoms. The maximum atomic E-state index is 13.5. The standard InChI is InChI=1S/C24H27N3O2/c1-26-21-12-5-4-11-19(21)25-23(26)16-27(24(28)22-14-7-15-29-22)20-13-6-9-17-8-2-3-10-18(17)20/h2-5,8,10-12,20,22H,6-7,9,13-16H2,1H3/t20-,22+/m1/s1. The summed E-state index contributed by atoms with van der Waals surface area (Å²) in [5, 5.41) is 0. The van der Waals surface area contributed by atoms with Gasteiger partial charge in [0.15, 0.2) is 0 Å². The van der Waals surface area contributed by atoms with E-state index in [0.717, 1.165) is 49.0 Å². The number of fused-ring (bicyclic) bond motifs is 2. The number of aromatic nitrogens is 2. The average molecular weight is 389 g/mol. The number of amides is 1. The second kappa shape index (κ2) is 7.64. The summed E-state index contributed by atoms with van der Waals surface area (Å²) >= 11 is 0. The van der Waals surface area contributed by atoms with E-state index < -0.39 is 0 Å². The number of hydrogen-bond donors (Lipinski definition) is 0. The zero-order valence-electron chi connectivity index (χ0n) is 16.9. The minimum Gasteiger partial charge on any atom is -0.368 e. The summed E-state index contributed by atoms with van der Waals surface area (Å²) in [6, 6.07) is 16.8. The van der Waals surface area contributed by atoms with Gasteiger partial charge in [-0.1, -0.05) is 36.4 Å². The van der Waals surface area contributed by atoms with Crippen molar-refractivity contribution in [2.45, 2.75) is 50.8 Å². The fourth-order valence-corrected chi connectivity index (χ4v) is 4.84. The smallest absolute Gasteiger partial charge is 0.252 e. The summed E-state index contributed by atoms with van der Waals surface area (Å²) in [4.78, 5) is 20.4. The highest BCUT2D eigenvalue weighted by Gasteiger charge is 2.35. The van der Waals surface area contributed by atoms with E-state index in [-0.39, 0.29) is 18.1 Å². The van der Waals surface area contributed by atoms with Crippen molar-refractivity contribution >= 4 is 16.9 Å². The van der Waals surface area contributed by atoms with Crippen LogP contribution < -0.4 is 0 Å². The number of imidazole rings is 1. The molecule has 2 atom stereocenters. The summed E-state index contributed by atoms with van der Waals surface area (Å²) in [7, 11) is 2.04. The van der Waals surface area contributed by atoms with Crippen LogP contribution in [0.15, 0.2) is 48.5 Å². The molecule has 5 rings (SSSR count). The molecule has 3 aromatic rings. The molecule has 5 nitrogen and oxygen atoms in total. The quantitative estimate of drug-likeness (QED) is 0.673. The Balaban J connectivity index is 1.54. The molecule has 0 unspecified atom stereocenters. The van der Waals surface area contributed by atoms with Crippen molar-refractivity contribution in [3.63, 3.8) is 0 Å². The van der Waals surface area contributed by atoms with Gasteiger partial charge in [0.2, 0.25) is 0 Å². The Morgan fingerprint density at radius 1 is 1.14 bits per heavy atom. The first-order valence-corrected chi connectivity index (χ1v) is 10.6. The van der Waals surface area contributed by atoms with E-state index in [1.807, 2.05) is 30.1 Å². The predicted octanol–water partition coefficient (Wildman–Crippen LogP) is 4.16. The molecule has 0 spiro atoms. The molecular weight excluding hydrogens is 362 g/mol. The van der Waals surface area contributed by atoms with Gasteiger partial charge in [0.25, 0.3) is 5.91 Å². The van der Waals surface area contributed by atoms with E-state index in [0.29, 0.717) is 13.2 Å². The Labute approximate surface area is 171 Å². The van der Waals surface area contributed by atoms with Gasteiger partial charge in [0.05, 0.1) is 23.6 Å². The van der Waals surface area contributed by atoms with E-state index in [1.54, 1.807) is 0 Å². The largest absolute Gasteiger partial charge is 0.368 e. The van der Waals surface area contributed by atoms with Crippen LogP contribution in [-0.2, 0) is 29.5 Å². The lowest BCUT2D eigenvalue weighted by Gasteiger charge is -2.37. The molecule has 1 saturated heterocycles. The molecule has 0 radical (unpaired) electrons. The van der Waals surface area contributed by atoms with Crippen molar-refractivity contribution in [3.8, 4) is 0 Å². The first-order chi connectivity index (χ1) is 14.2. The number of carbonyl (C=O) groups is 1. The third-order valence-corrected chi connectivity index (χ3v) is 6.39. The van der Waals surface area contributed by atoms with Gasteiger partial charge in [-0.15, -0.1) is 0 Å². The third-order valence-electron chi connectivity index (χ3n) is 6.39. The second-order valence-electron chi connectivity index (χ2n) is 8.15. The summed E-state index contributed by atoms with van der Waals surface area (Å²) < 4.78 is 7.89. The maximum absolute atomic E-state index is 13.5. The number of ether oxygens (including phenoxy) is 1. The highest BCUT2D eigenvalue weighted by molar-refractivity contribution is 5.82. The molecule has 5 heteroatoms. The van der Waals surface area contributed by atoms with E-state index >= 15 is 0 Å². The molecular formula is C24H27N3O2. The summed E-state index contributed by atoms with van der Waals surface area (Å²) in [6.45, 7) is 1.18. The van der Waals surface area contributed by atoms with Crippen molar-refractivity contribution in [1.29, 1.82) is 0 Å². The van der Waals surface area contributed by atoms with Gasteiger partial charge in [-0.2, -0.15) is 0 Å². The summed E-state index contributed by atoms with van der Waals surface area (Å²) in [6.07, 6.45) is 4.61. The van der Waals surface area contributed by atoms with E-state index in [1.165, 1.54) is 11.1 Å². The Bertz CT molecular complexity index is 1040. The number of hydrogen-bond acceptors (Lipinski definition) is 3. The first kappa shape index (κ1) is 18.4. The third kappa shape index (κ3) is 3.33. The minimum atomic E-state index is -0.321.